The maximum atomic E-state index is 3.85. The second-order valence-corrected chi connectivity index (χ2v) is 6.90. The number of piperazine rings is 1. The third-order valence-electron chi connectivity index (χ3n) is 5.58. The molecule has 1 heterocycles. The Balaban J connectivity index is 1.61. The maximum Gasteiger partial charge on any atom is 0.0224 e. The van der Waals surface area contributed by atoms with Gasteiger partial charge in [-0.15, -0.1) is 0 Å². The molecule has 3 atom stereocenters. The third kappa shape index (κ3) is 3.22. The average molecular weight is 262 g/mol. The molecule has 1 saturated heterocycles. The summed E-state index contributed by atoms with van der Waals surface area (Å²) in [5.41, 5.74) is 0. The highest BCUT2D eigenvalue weighted by Gasteiger charge is 2.34. The van der Waals surface area contributed by atoms with Crippen LogP contribution in [-0.4, -0.2) is 36.1 Å². The normalized spacial score (nSPS) is 38.5. The molecule has 3 unspecified atom stereocenters. The number of nitrogens with zero attached hydrogens (tertiary/aromatic N) is 1. The van der Waals surface area contributed by atoms with Crippen LogP contribution in [0.1, 0.15) is 58.3 Å². The zero-order valence-electron chi connectivity index (χ0n) is 12.5. The van der Waals surface area contributed by atoms with Crippen LogP contribution < -0.4 is 5.32 Å². The van der Waals surface area contributed by atoms with Crippen LogP contribution in [0.3, 0.4) is 0 Å². The molecule has 19 heavy (non-hydrogen) atoms. The quantitative estimate of drug-likeness (QED) is 0.768. The monoisotopic (exact) mass is 262 g/mol. The Bertz CT molecular complexity index is 306. The molecule has 1 N–H and O–H groups in total. The molecule has 0 spiro atoms. The van der Waals surface area contributed by atoms with Gasteiger partial charge in [-0.1, -0.05) is 31.4 Å². The molecular formula is C17H30N2. The first kappa shape index (κ1) is 13.6. The van der Waals surface area contributed by atoms with Gasteiger partial charge >= 0.3 is 0 Å². The minimum Gasteiger partial charge on any atom is -0.311 e. The lowest BCUT2D eigenvalue weighted by molar-refractivity contribution is 0.0617. The van der Waals surface area contributed by atoms with Crippen LogP contribution in [0, 0.1) is 5.92 Å². The minimum atomic E-state index is 0.719. The SMILES string of the molecule is CC1CNC(C2CCCCC2)CN1C1CC=CCC1. The number of nitrogens with one attached hydrogen (secondary N) is 1. The van der Waals surface area contributed by atoms with Gasteiger partial charge in [0.05, 0.1) is 0 Å². The summed E-state index contributed by atoms with van der Waals surface area (Å²) in [5, 5.41) is 3.85. The Labute approximate surface area is 118 Å². The highest BCUT2D eigenvalue weighted by molar-refractivity contribution is 4.98. The van der Waals surface area contributed by atoms with E-state index in [9.17, 15) is 0 Å². The topological polar surface area (TPSA) is 15.3 Å². The maximum absolute atomic E-state index is 3.85. The lowest BCUT2D eigenvalue weighted by Crippen LogP contribution is -2.60. The van der Waals surface area contributed by atoms with E-state index in [0.717, 1.165) is 24.0 Å². The van der Waals surface area contributed by atoms with Gasteiger partial charge in [0.15, 0.2) is 0 Å². The fourth-order valence-electron chi connectivity index (χ4n) is 4.35. The molecule has 0 bridgehead atoms. The number of rotatable bonds is 2. The van der Waals surface area contributed by atoms with Crippen molar-refractivity contribution < 1.29 is 0 Å². The molecule has 2 heteroatoms. The summed E-state index contributed by atoms with van der Waals surface area (Å²) in [4.78, 5) is 2.82. The first-order chi connectivity index (χ1) is 9.34. The second-order valence-electron chi connectivity index (χ2n) is 6.90. The summed E-state index contributed by atoms with van der Waals surface area (Å²) in [6, 6.07) is 2.30. The van der Waals surface area contributed by atoms with Gasteiger partial charge in [0.1, 0.15) is 0 Å². The first-order valence-corrected chi connectivity index (χ1v) is 8.48. The van der Waals surface area contributed by atoms with E-state index in [1.165, 1.54) is 64.5 Å². The van der Waals surface area contributed by atoms with Gasteiger partial charge in [0.25, 0.3) is 0 Å². The van der Waals surface area contributed by atoms with Crippen LogP contribution in [0.25, 0.3) is 0 Å². The molecule has 3 aliphatic rings. The fraction of sp³-hybridized carbons (Fsp3) is 0.882. The van der Waals surface area contributed by atoms with E-state index in [4.69, 9.17) is 0 Å². The largest absolute Gasteiger partial charge is 0.311 e. The van der Waals surface area contributed by atoms with E-state index in [1.54, 1.807) is 0 Å². The molecule has 0 aromatic rings. The second kappa shape index (κ2) is 6.41. The molecule has 0 amide bonds. The van der Waals surface area contributed by atoms with Gasteiger partial charge in [-0.3, -0.25) is 4.90 Å². The van der Waals surface area contributed by atoms with Crippen LogP contribution in [0.4, 0.5) is 0 Å². The smallest absolute Gasteiger partial charge is 0.0224 e. The summed E-state index contributed by atoms with van der Waals surface area (Å²) in [6.07, 6.45) is 16.0. The molecule has 0 radical (unpaired) electrons. The molecule has 3 rings (SSSR count). The van der Waals surface area contributed by atoms with Crippen molar-refractivity contribution in [2.45, 2.75) is 76.4 Å². The zero-order chi connectivity index (χ0) is 13.1. The van der Waals surface area contributed by atoms with Gasteiger partial charge in [-0.2, -0.15) is 0 Å². The van der Waals surface area contributed by atoms with E-state index < -0.39 is 0 Å². The first-order valence-electron chi connectivity index (χ1n) is 8.48. The molecule has 1 saturated carbocycles. The Morgan fingerprint density at radius 3 is 2.63 bits per heavy atom. The third-order valence-corrected chi connectivity index (χ3v) is 5.58. The van der Waals surface area contributed by atoms with E-state index in [2.05, 4.69) is 29.3 Å². The lowest BCUT2D eigenvalue weighted by atomic mass is 9.82. The van der Waals surface area contributed by atoms with E-state index in [-0.39, 0.29) is 0 Å². The standard InChI is InChI=1S/C17H30N2/c1-14-12-18-17(15-8-4-2-5-9-15)13-19(14)16-10-6-3-7-11-16/h3,6,14-18H,2,4-5,7-13H2,1H3. The van der Waals surface area contributed by atoms with Gasteiger partial charge in [0, 0.05) is 31.2 Å². The van der Waals surface area contributed by atoms with Crippen molar-refractivity contribution in [3.63, 3.8) is 0 Å². The minimum absolute atomic E-state index is 0.719. The van der Waals surface area contributed by atoms with Gasteiger partial charge in [-0.05, 0) is 44.9 Å². The van der Waals surface area contributed by atoms with Crippen LogP contribution in [0.2, 0.25) is 0 Å². The van der Waals surface area contributed by atoms with Gasteiger partial charge in [0.2, 0.25) is 0 Å². The van der Waals surface area contributed by atoms with Crippen molar-refractivity contribution >= 4 is 0 Å². The van der Waals surface area contributed by atoms with Crippen molar-refractivity contribution in [2.24, 2.45) is 5.92 Å². The molecule has 108 valence electrons. The van der Waals surface area contributed by atoms with E-state index in [0.29, 0.717) is 0 Å². The zero-order valence-corrected chi connectivity index (χ0v) is 12.5. The Hall–Kier alpha value is -0.340. The summed E-state index contributed by atoms with van der Waals surface area (Å²) in [6.45, 7) is 4.90. The Morgan fingerprint density at radius 1 is 1.05 bits per heavy atom. The van der Waals surface area contributed by atoms with Crippen LogP contribution in [0.5, 0.6) is 0 Å². The van der Waals surface area contributed by atoms with Gasteiger partial charge in [-0.25, -0.2) is 0 Å². The number of hydrogen-bond acceptors (Lipinski definition) is 2. The highest BCUT2D eigenvalue weighted by atomic mass is 15.3. The van der Waals surface area contributed by atoms with Crippen LogP contribution in [0.15, 0.2) is 12.2 Å². The van der Waals surface area contributed by atoms with Crippen molar-refractivity contribution in [2.75, 3.05) is 13.1 Å². The van der Waals surface area contributed by atoms with E-state index in [1.807, 2.05) is 0 Å². The van der Waals surface area contributed by atoms with Crippen molar-refractivity contribution in [1.29, 1.82) is 0 Å². The predicted octanol–water partition coefficient (Wildman–Crippen LogP) is 3.34. The average Bonchev–Trinajstić information content (AvgIpc) is 2.49. The number of hydrogen-bond donors (Lipinski definition) is 1. The van der Waals surface area contributed by atoms with Crippen LogP contribution >= 0.6 is 0 Å². The van der Waals surface area contributed by atoms with Crippen LogP contribution in [-0.2, 0) is 0 Å². The molecule has 2 nitrogen and oxygen atoms in total. The van der Waals surface area contributed by atoms with Crippen molar-refractivity contribution in [3.8, 4) is 0 Å². The predicted molar refractivity (Wildman–Crippen MR) is 81.3 cm³/mol. The summed E-state index contributed by atoms with van der Waals surface area (Å²) in [7, 11) is 0. The summed E-state index contributed by atoms with van der Waals surface area (Å²) < 4.78 is 0. The highest BCUT2D eigenvalue weighted by Crippen LogP contribution is 2.30. The molecule has 2 fully saturated rings. The summed E-state index contributed by atoms with van der Waals surface area (Å²) >= 11 is 0. The Kier molecular flexibility index (Phi) is 4.60. The molecule has 0 aromatic heterocycles. The van der Waals surface area contributed by atoms with Gasteiger partial charge < -0.3 is 5.32 Å². The molecule has 1 aliphatic heterocycles. The van der Waals surface area contributed by atoms with Crippen molar-refractivity contribution in [1.82, 2.24) is 10.2 Å². The fourth-order valence-corrected chi connectivity index (χ4v) is 4.35. The Morgan fingerprint density at radius 2 is 1.89 bits per heavy atom. The molecular weight excluding hydrogens is 232 g/mol. The van der Waals surface area contributed by atoms with E-state index >= 15 is 0 Å². The van der Waals surface area contributed by atoms with Crippen molar-refractivity contribution in [3.05, 3.63) is 12.2 Å². The number of allylic oxidation sites excluding steroid dienone is 1. The lowest BCUT2D eigenvalue weighted by Gasteiger charge is -2.46. The molecule has 0 aromatic carbocycles. The summed E-state index contributed by atoms with van der Waals surface area (Å²) in [5.74, 6) is 0.947. The molecule has 2 aliphatic carbocycles.